The first-order chi connectivity index (χ1) is 14.4. The first kappa shape index (κ1) is 18.3. The van der Waals surface area contributed by atoms with Gasteiger partial charge in [0.05, 0.1) is 18.9 Å². The highest BCUT2D eigenvalue weighted by molar-refractivity contribution is 6.30. The number of aromatic hydroxyl groups is 1. The fourth-order valence-corrected chi connectivity index (χ4v) is 3.95. The Kier molecular flexibility index (Phi) is 3.89. The number of benzene rings is 2. The van der Waals surface area contributed by atoms with Crippen molar-refractivity contribution in [1.82, 2.24) is 19.4 Å². The minimum atomic E-state index is -0.725. The summed E-state index contributed by atoms with van der Waals surface area (Å²) in [4.78, 5) is 31.4. The van der Waals surface area contributed by atoms with Crippen LogP contribution < -0.4 is 9.57 Å². The second kappa shape index (κ2) is 6.38. The zero-order valence-corrected chi connectivity index (χ0v) is 16.9. The number of amidine groups is 1. The lowest BCUT2D eigenvalue weighted by atomic mass is 10.1. The molecule has 1 saturated heterocycles. The van der Waals surface area contributed by atoms with E-state index in [0.717, 1.165) is 21.8 Å². The molecule has 2 aromatic rings. The van der Waals surface area contributed by atoms with E-state index in [1.165, 1.54) is 11.9 Å². The number of nitrogens with zero attached hydrogens (tertiary/aromatic N) is 5. The van der Waals surface area contributed by atoms with Crippen molar-refractivity contribution in [2.45, 2.75) is 6.04 Å². The molecule has 0 radical (unpaired) electrons. The summed E-state index contributed by atoms with van der Waals surface area (Å²) in [5.74, 6) is 0.693. The number of fused-ring (bicyclic) bond motifs is 3. The van der Waals surface area contributed by atoms with Crippen LogP contribution in [-0.2, 0) is 4.79 Å². The third-order valence-electron chi connectivity index (χ3n) is 5.40. The number of carbonyl (C=O) groups excluding carboxylic acids is 2. The molecule has 2 aromatic carbocycles. The summed E-state index contributed by atoms with van der Waals surface area (Å²) >= 11 is 6.06. The normalized spacial score (nSPS) is 20.2. The lowest BCUT2D eigenvalue weighted by Crippen LogP contribution is -2.62. The van der Waals surface area contributed by atoms with Crippen LogP contribution in [0.25, 0.3) is 5.70 Å². The van der Waals surface area contributed by atoms with E-state index in [2.05, 4.69) is 4.67 Å². The van der Waals surface area contributed by atoms with Crippen LogP contribution in [0.1, 0.15) is 5.56 Å². The predicted molar refractivity (Wildman–Crippen MR) is 114 cm³/mol. The number of phenols is 1. The van der Waals surface area contributed by atoms with Gasteiger partial charge in [-0.15, -0.1) is 0 Å². The average Bonchev–Trinajstić information content (AvgIpc) is 3.28. The summed E-state index contributed by atoms with van der Waals surface area (Å²) < 4.78 is 4.66. The van der Waals surface area contributed by atoms with Gasteiger partial charge in [-0.3, -0.25) is 9.69 Å². The monoisotopic (exact) mass is 422 g/mol. The lowest BCUT2D eigenvalue weighted by Gasteiger charge is -2.30. The van der Waals surface area contributed by atoms with E-state index in [9.17, 15) is 14.7 Å². The Morgan fingerprint density at radius 1 is 0.967 bits per heavy atom. The first-order valence-corrected chi connectivity index (χ1v) is 9.60. The van der Waals surface area contributed by atoms with Gasteiger partial charge in [-0.25, -0.2) is 24.2 Å². The summed E-state index contributed by atoms with van der Waals surface area (Å²) in [6, 6.07) is 12.9. The number of halogens is 1. The second-order valence-corrected chi connectivity index (χ2v) is 7.63. The number of hydrogen-bond donors (Lipinski definition) is 1. The highest BCUT2D eigenvalue weighted by atomic mass is 35.5. The molecule has 1 atom stereocenters. The summed E-state index contributed by atoms with van der Waals surface area (Å²) in [6.45, 7) is 0. The highest BCUT2D eigenvalue weighted by Crippen LogP contribution is 2.36. The van der Waals surface area contributed by atoms with Crippen molar-refractivity contribution in [1.29, 1.82) is 0 Å². The standard InChI is InChI=1S/C21H16ClN5O3/c1-24-18-17(19(29)25(2)21(24)30)26-11-16(12-3-5-13(22)6-4-12)27(20(26)23-18)14-7-9-15(28)10-8-14/h3-11,17H,1-2H3/p+1. The van der Waals surface area contributed by atoms with E-state index in [-0.39, 0.29) is 11.7 Å². The van der Waals surface area contributed by atoms with E-state index >= 15 is 0 Å². The maximum absolute atomic E-state index is 12.9. The van der Waals surface area contributed by atoms with Gasteiger partial charge in [-0.2, -0.15) is 0 Å². The molecule has 0 bridgehead atoms. The van der Waals surface area contributed by atoms with Crippen LogP contribution in [0.2, 0.25) is 5.02 Å². The van der Waals surface area contributed by atoms with E-state index in [0.29, 0.717) is 16.8 Å². The van der Waals surface area contributed by atoms with Crippen molar-refractivity contribution in [3.05, 3.63) is 65.3 Å². The van der Waals surface area contributed by atoms with Gasteiger partial charge in [0.1, 0.15) is 11.4 Å². The van der Waals surface area contributed by atoms with Gasteiger partial charge < -0.3 is 5.11 Å². The molecule has 1 unspecified atom stereocenters. The number of likely N-dealkylation sites (N-methyl/N-ethyl adjacent to an activating group) is 2. The zero-order chi connectivity index (χ0) is 21.2. The smallest absolute Gasteiger partial charge is 0.415 e. The number of urea groups is 1. The Hall–Kier alpha value is -3.74. The summed E-state index contributed by atoms with van der Waals surface area (Å²) in [6.07, 6.45) is 1.85. The molecule has 150 valence electrons. The maximum atomic E-state index is 12.9. The van der Waals surface area contributed by atoms with Crippen LogP contribution in [0, 0.1) is 0 Å². The molecular formula is C21H17ClN5O3+. The average molecular weight is 423 g/mol. The van der Waals surface area contributed by atoms with Gasteiger partial charge in [-0.1, -0.05) is 23.7 Å². The molecule has 9 heteroatoms. The lowest BCUT2D eigenvalue weighted by molar-refractivity contribution is -0.130. The van der Waals surface area contributed by atoms with Crippen molar-refractivity contribution >= 4 is 46.7 Å². The topological polar surface area (TPSA) is 81.4 Å². The third-order valence-corrected chi connectivity index (χ3v) is 5.65. The fraction of sp³-hybridized carbons (Fsp3) is 0.143. The molecule has 3 aliphatic heterocycles. The second-order valence-electron chi connectivity index (χ2n) is 7.19. The molecule has 1 fully saturated rings. The molecule has 0 spiro atoms. The molecule has 5 rings (SSSR count). The third kappa shape index (κ3) is 2.51. The maximum Gasteiger partial charge on any atom is 0.415 e. The summed E-state index contributed by atoms with van der Waals surface area (Å²) in [7, 11) is 3.07. The quantitative estimate of drug-likeness (QED) is 0.747. The Bertz CT molecular complexity index is 1180. The Morgan fingerprint density at radius 3 is 2.30 bits per heavy atom. The largest absolute Gasteiger partial charge is 0.508 e. The molecule has 8 nitrogen and oxygen atoms in total. The number of hydrogen-bond acceptors (Lipinski definition) is 5. The fourth-order valence-electron chi connectivity index (χ4n) is 3.83. The van der Waals surface area contributed by atoms with Crippen LogP contribution in [0.3, 0.4) is 0 Å². The minimum Gasteiger partial charge on any atom is -0.508 e. The first-order valence-electron chi connectivity index (χ1n) is 9.23. The van der Waals surface area contributed by atoms with Crippen molar-refractivity contribution in [3.8, 4) is 5.75 Å². The zero-order valence-electron chi connectivity index (χ0n) is 16.2. The van der Waals surface area contributed by atoms with E-state index in [4.69, 9.17) is 11.6 Å². The van der Waals surface area contributed by atoms with Crippen LogP contribution in [0.15, 0.2) is 54.7 Å². The predicted octanol–water partition coefficient (Wildman–Crippen LogP) is 1.89. The number of imide groups is 1. The molecule has 1 N–H and O–H groups in total. The van der Waals surface area contributed by atoms with Crippen LogP contribution >= 0.6 is 11.6 Å². The Balaban J connectivity index is 1.69. The van der Waals surface area contributed by atoms with Gasteiger partial charge >= 0.3 is 17.8 Å². The van der Waals surface area contributed by atoms with Gasteiger partial charge in [0.25, 0.3) is 5.91 Å². The molecule has 0 aliphatic carbocycles. The Labute approximate surface area is 177 Å². The van der Waals surface area contributed by atoms with Gasteiger partial charge in [0, 0.05) is 17.6 Å². The highest BCUT2D eigenvalue weighted by Gasteiger charge is 2.58. The van der Waals surface area contributed by atoms with E-state index in [1.54, 1.807) is 48.3 Å². The molecule has 3 heterocycles. The molecule has 0 saturated carbocycles. The van der Waals surface area contributed by atoms with E-state index in [1.807, 2.05) is 23.2 Å². The van der Waals surface area contributed by atoms with Crippen LogP contribution in [0.4, 0.5) is 10.5 Å². The number of amides is 3. The molecule has 3 aliphatic rings. The van der Waals surface area contributed by atoms with Crippen LogP contribution in [0.5, 0.6) is 5.75 Å². The van der Waals surface area contributed by atoms with Crippen LogP contribution in [-0.4, -0.2) is 63.7 Å². The summed E-state index contributed by atoms with van der Waals surface area (Å²) in [5, 5.41) is 10.3. The molecular weight excluding hydrogens is 406 g/mol. The number of anilines is 1. The Morgan fingerprint density at radius 2 is 1.63 bits per heavy atom. The minimum absolute atomic E-state index is 0.144. The van der Waals surface area contributed by atoms with Gasteiger partial charge in [0.15, 0.2) is 0 Å². The molecule has 3 amide bonds. The van der Waals surface area contributed by atoms with Crippen molar-refractivity contribution < 1.29 is 14.7 Å². The number of phenolic OH excluding ortho intramolecular Hbond substituents is 1. The van der Waals surface area contributed by atoms with Crippen molar-refractivity contribution in [2.24, 2.45) is 0 Å². The van der Waals surface area contributed by atoms with E-state index < -0.39 is 12.1 Å². The molecule has 30 heavy (non-hydrogen) atoms. The van der Waals surface area contributed by atoms with Crippen molar-refractivity contribution in [2.75, 3.05) is 19.0 Å². The number of guanidine groups is 1. The SMILES string of the molecule is CN1C(=O)C2C(=[N+]=C3N(c4ccc(O)cc4)C(c4ccc(Cl)cc4)=CN32)N(C)C1=O. The van der Waals surface area contributed by atoms with Gasteiger partial charge in [-0.05, 0) is 36.4 Å². The summed E-state index contributed by atoms with van der Waals surface area (Å²) in [5.41, 5.74) is 2.43. The molecule has 0 aromatic heterocycles. The number of carbonyl (C=O) groups is 2. The number of rotatable bonds is 2. The van der Waals surface area contributed by atoms with Crippen molar-refractivity contribution in [3.63, 3.8) is 0 Å². The van der Waals surface area contributed by atoms with Gasteiger partial charge in [0.2, 0.25) is 6.04 Å².